The van der Waals surface area contributed by atoms with Gasteiger partial charge in [0.25, 0.3) is 5.91 Å². The standard InChI is InChI=1S/C21H26N2O3S/c1-22-21(25)19(15-6-4-3-5-7-15)23-20(24)18-12-16(13-27-18)14-8-10-17(26-2)11-9-14/h8-13,15,19H,3-7H2,1-2H3,(H,22,25)(H,23,24)/t19-/m0/s1. The lowest BCUT2D eigenvalue weighted by atomic mass is 9.83. The first-order valence-corrected chi connectivity index (χ1v) is 10.3. The van der Waals surface area contributed by atoms with E-state index < -0.39 is 6.04 Å². The Morgan fingerprint density at radius 2 is 1.81 bits per heavy atom. The maximum absolute atomic E-state index is 12.8. The normalized spacial score (nSPS) is 15.8. The summed E-state index contributed by atoms with van der Waals surface area (Å²) in [6, 6.07) is 9.16. The SMILES string of the molecule is CNC(=O)[C@@H](NC(=O)c1cc(-c2ccc(OC)cc2)cs1)C1CCCCC1. The van der Waals surface area contributed by atoms with Gasteiger partial charge < -0.3 is 15.4 Å². The lowest BCUT2D eigenvalue weighted by Crippen LogP contribution is -2.50. The highest BCUT2D eigenvalue weighted by Gasteiger charge is 2.30. The van der Waals surface area contributed by atoms with Crippen LogP contribution in [-0.2, 0) is 4.79 Å². The number of ether oxygens (including phenoxy) is 1. The highest BCUT2D eigenvalue weighted by Crippen LogP contribution is 2.29. The van der Waals surface area contributed by atoms with Gasteiger partial charge in [0.15, 0.2) is 0 Å². The van der Waals surface area contributed by atoms with E-state index in [9.17, 15) is 9.59 Å². The molecule has 1 fully saturated rings. The van der Waals surface area contributed by atoms with E-state index in [0.717, 1.165) is 42.6 Å². The summed E-state index contributed by atoms with van der Waals surface area (Å²) >= 11 is 1.40. The molecule has 1 aromatic carbocycles. The van der Waals surface area contributed by atoms with Gasteiger partial charge in [0.2, 0.25) is 5.91 Å². The Morgan fingerprint density at radius 1 is 1.11 bits per heavy atom. The van der Waals surface area contributed by atoms with Gasteiger partial charge in [-0.2, -0.15) is 0 Å². The largest absolute Gasteiger partial charge is 0.497 e. The van der Waals surface area contributed by atoms with Crippen LogP contribution in [0.1, 0.15) is 41.8 Å². The second kappa shape index (κ2) is 9.04. The number of amides is 2. The second-order valence-corrected chi connectivity index (χ2v) is 7.80. The van der Waals surface area contributed by atoms with E-state index in [1.165, 1.54) is 17.8 Å². The lowest BCUT2D eigenvalue weighted by Gasteiger charge is -2.29. The van der Waals surface area contributed by atoms with Crippen molar-refractivity contribution < 1.29 is 14.3 Å². The van der Waals surface area contributed by atoms with Crippen LogP contribution in [0.2, 0.25) is 0 Å². The van der Waals surface area contributed by atoms with Crippen LogP contribution in [0.4, 0.5) is 0 Å². The molecule has 0 unspecified atom stereocenters. The number of nitrogens with one attached hydrogen (secondary N) is 2. The van der Waals surface area contributed by atoms with Crippen molar-refractivity contribution in [1.82, 2.24) is 10.6 Å². The van der Waals surface area contributed by atoms with Gasteiger partial charge in [-0.1, -0.05) is 31.4 Å². The molecule has 2 amide bonds. The average Bonchev–Trinajstić information content (AvgIpc) is 3.22. The molecule has 1 saturated carbocycles. The lowest BCUT2D eigenvalue weighted by molar-refractivity contribution is -0.124. The molecule has 1 atom stereocenters. The van der Waals surface area contributed by atoms with Crippen LogP contribution >= 0.6 is 11.3 Å². The minimum Gasteiger partial charge on any atom is -0.497 e. The topological polar surface area (TPSA) is 67.4 Å². The van der Waals surface area contributed by atoms with Gasteiger partial charge in [-0.3, -0.25) is 9.59 Å². The smallest absolute Gasteiger partial charge is 0.262 e. The fourth-order valence-corrected chi connectivity index (χ4v) is 4.44. The highest BCUT2D eigenvalue weighted by molar-refractivity contribution is 7.12. The first-order valence-electron chi connectivity index (χ1n) is 9.38. The minimum absolute atomic E-state index is 0.109. The number of carbonyl (C=O) groups is 2. The zero-order valence-corrected chi connectivity index (χ0v) is 16.6. The van der Waals surface area contributed by atoms with Gasteiger partial charge in [0, 0.05) is 7.05 Å². The maximum Gasteiger partial charge on any atom is 0.262 e. The number of hydrogen-bond donors (Lipinski definition) is 2. The minimum atomic E-state index is -0.464. The molecule has 5 nitrogen and oxygen atoms in total. The Hall–Kier alpha value is -2.34. The number of methoxy groups -OCH3 is 1. The van der Waals surface area contributed by atoms with Gasteiger partial charge in [0.1, 0.15) is 11.8 Å². The summed E-state index contributed by atoms with van der Waals surface area (Å²) in [5, 5.41) is 7.64. The van der Waals surface area contributed by atoms with Crippen molar-refractivity contribution >= 4 is 23.2 Å². The molecule has 27 heavy (non-hydrogen) atoms. The average molecular weight is 387 g/mol. The van der Waals surface area contributed by atoms with E-state index in [1.807, 2.05) is 35.7 Å². The van der Waals surface area contributed by atoms with Gasteiger partial charge in [0.05, 0.1) is 12.0 Å². The molecule has 144 valence electrons. The molecule has 2 aromatic rings. The number of rotatable bonds is 6. The van der Waals surface area contributed by atoms with Crippen molar-refractivity contribution in [1.29, 1.82) is 0 Å². The second-order valence-electron chi connectivity index (χ2n) is 6.89. The molecular weight excluding hydrogens is 360 g/mol. The zero-order chi connectivity index (χ0) is 19.2. The van der Waals surface area contributed by atoms with Crippen molar-refractivity contribution in [2.24, 2.45) is 5.92 Å². The fourth-order valence-electron chi connectivity index (χ4n) is 3.62. The monoisotopic (exact) mass is 386 g/mol. The predicted molar refractivity (Wildman–Crippen MR) is 108 cm³/mol. The van der Waals surface area contributed by atoms with Crippen molar-refractivity contribution in [2.75, 3.05) is 14.2 Å². The van der Waals surface area contributed by atoms with E-state index in [-0.39, 0.29) is 17.7 Å². The molecular formula is C21H26N2O3S. The third-order valence-corrected chi connectivity index (χ3v) is 6.11. The predicted octanol–water partition coefficient (Wildman–Crippen LogP) is 3.85. The Balaban J connectivity index is 1.72. The van der Waals surface area contributed by atoms with Crippen molar-refractivity contribution in [3.05, 3.63) is 40.6 Å². The summed E-state index contributed by atoms with van der Waals surface area (Å²) in [6.07, 6.45) is 5.42. The zero-order valence-electron chi connectivity index (χ0n) is 15.8. The Kier molecular flexibility index (Phi) is 6.50. The number of benzene rings is 1. The van der Waals surface area contributed by atoms with Gasteiger partial charge >= 0.3 is 0 Å². The van der Waals surface area contributed by atoms with Gasteiger partial charge in [-0.25, -0.2) is 0 Å². The van der Waals surface area contributed by atoms with Crippen molar-refractivity contribution in [3.8, 4) is 16.9 Å². The molecule has 0 bridgehead atoms. The highest BCUT2D eigenvalue weighted by atomic mass is 32.1. The molecule has 1 aliphatic carbocycles. The molecule has 1 aromatic heterocycles. The van der Waals surface area contributed by atoms with Crippen LogP contribution in [0.25, 0.3) is 11.1 Å². The van der Waals surface area contributed by atoms with E-state index in [4.69, 9.17) is 4.74 Å². The Morgan fingerprint density at radius 3 is 2.44 bits per heavy atom. The maximum atomic E-state index is 12.8. The summed E-state index contributed by atoms with van der Waals surface area (Å²) in [5.41, 5.74) is 2.02. The quantitative estimate of drug-likeness (QED) is 0.792. The van der Waals surface area contributed by atoms with Gasteiger partial charge in [-0.15, -0.1) is 11.3 Å². The fraction of sp³-hybridized carbons (Fsp3) is 0.429. The summed E-state index contributed by atoms with van der Waals surface area (Å²) in [5.74, 6) is 0.720. The first-order chi connectivity index (χ1) is 13.1. The van der Waals surface area contributed by atoms with E-state index in [0.29, 0.717) is 4.88 Å². The third kappa shape index (κ3) is 4.69. The Bertz CT molecular complexity index is 779. The van der Waals surface area contributed by atoms with Crippen LogP contribution < -0.4 is 15.4 Å². The van der Waals surface area contributed by atoms with Crippen molar-refractivity contribution in [3.63, 3.8) is 0 Å². The number of thiophene rings is 1. The molecule has 1 heterocycles. The summed E-state index contributed by atoms with van der Waals surface area (Å²) in [7, 11) is 3.26. The molecule has 3 rings (SSSR count). The number of hydrogen-bond acceptors (Lipinski definition) is 4. The van der Waals surface area contributed by atoms with Crippen LogP contribution in [0.15, 0.2) is 35.7 Å². The summed E-state index contributed by atoms with van der Waals surface area (Å²) in [4.78, 5) is 25.7. The first kappa shape index (κ1) is 19.4. The third-order valence-electron chi connectivity index (χ3n) is 5.18. The van der Waals surface area contributed by atoms with Crippen molar-refractivity contribution in [2.45, 2.75) is 38.1 Å². The molecule has 1 aliphatic rings. The van der Waals surface area contributed by atoms with E-state index >= 15 is 0 Å². The molecule has 2 N–H and O–H groups in total. The molecule has 0 radical (unpaired) electrons. The van der Waals surface area contributed by atoms with Crippen LogP contribution in [0.5, 0.6) is 5.75 Å². The number of carbonyl (C=O) groups excluding carboxylic acids is 2. The van der Waals surface area contributed by atoms with E-state index in [2.05, 4.69) is 10.6 Å². The van der Waals surface area contributed by atoms with Crippen LogP contribution in [0, 0.1) is 5.92 Å². The van der Waals surface area contributed by atoms with Gasteiger partial charge in [-0.05, 0) is 53.5 Å². The van der Waals surface area contributed by atoms with E-state index in [1.54, 1.807) is 14.2 Å². The molecule has 0 saturated heterocycles. The Labute approximate surface area is 164 Å². The molecule has 0 spiro atoms. The number of likely N-dealkylation sites (N-methyl/N-ethyl adjacent to an activating group) is 1. The summed E-state index contributed by atoms with van der Waals surface area (Å²) < 4.78 is 5.18. The van der Waals surface area contributed by atoms with Crippen LogP contribution in [-0.4, -0.2) is 32.0 Å². The van der Waals surface area contributed by atoms with Crippen LogP contribution in [0.3, 0.4) is 0 Å². The molecule has 6 heteroatoms. The summed E-state index contributed by atoms with van der Waals surface area (Å²) in [6.45, 7) is 0. The molecule has 0 aliphatic heterocycles.